The lowest BCUT2D eigenvalue weighted by Crippen LogP contribution is -2.47. The highest BCUT2D eigenvalue weighted by atomic mass is 16.1. The maximum Gasteiger partial charge on any atom is 0.221 e. The molecule has 1 aliphatic rings. The fraction of sp³-hybridized carbons (Fsp3) is 0.647. The van der Waals surface area contributed by atoms with Crippen LogP contribution in [0.4, 0.5) is 5.82 Å². The Morgan fingerprint density at radius 1 is 1.30 bits per heavy atom. The Balaban J connectivity index is 1.62. The average molecular weight is 319 g/mol. The number of nitrogens with one attached hydrogen (secondary N) is 2. The molecular weight excluding hydrogens is 290 g/mol. The molecule has 1 fully saturated rings. The maximum absolute atomic E-state index is 11.9. The van der Waals surface area contributed by atoms with Crippen molar-refractivity contribution in [2.45, 2.75) is 26.3 Å². The largest absolute Gasteiger partial charge is 0.355 e. The topological polar surface area (TPSA) is 60.5 Å². The second-order valence-electron chi connectivity index (χ2n) is 6.03. The van der Waals surface area contributed by atoms with E-state index in [1.165, 1.54) is 0 Å². The SMILES string of the molecule is CCN[C@H](C)CNC(=O)CCN1CCN(c2ccccn2)CC1. The summed E-state index contributed by atoms with van der Waals surface area (Å²) in [6, 6.07) is 6.34. The van der Waals surface area contributed by atoms with Gasteiger partial charge >= 0.3 is 0 Å². The van der Waals surface area contributed by atoms with Crippen molar-refractivity contribution >= 4 is 11.7 Å². The van der Waals surface area contributed by atoms with Crippen molar-refractivity contribution in [2.75, 3.05) is 50.7 Å². The summed E-state index contributed by atoms with van der Waals surface area (Å²) in [4.78, 5) is 20.9. The van der Waals surface area contributed by atoms with Gasteiger partial charge in [0, 0.05) is 57.9 Å². The Hall–Kier alpha value is -1.66. The van der Waals surface area contributed by atoms with Gasteiger partial charge in [-0.25, -0.2) is 4.98 Å². The number of likely N-dealkylation sites (N-methyl/N-ethyl adjacent to an activating group) is 1. The number of rotatable bonds is 8. The fourth-order valence-corrected chi connectivity index (χ4v) is 2.78. The number of anilines is 1. The highest BCUT2D eigenvalue weighted by Gasteiger charge is 2.18. The summed E-state index contributed by atoms with van der Waals surface area (Å²) in [5.74, 6) is 1.18. The van der Waals surface area contributed by atoms with Crippen LogP contribution in [-0.2, 0) is 4.79 Å². The first-order chi connectivity index (χ1) is 11.2. The van der Waals surface area contributed by atoms with Crippen molar-refractivity contribution in [1.82, 2.24) is 20.5 Å². The summed E-state index contributed by atoms with van der Waals surface area (Å²) >= 11 is 0. The van der Waals surface area contributed by atoms with Crippen LogP contribution in [0.15, 0.2) is 24.4 Å². The van der Waals surface area contributed by atoms with Crippen LogP contribution >= 0.6 is 0 Å². The Labute approximate surface area is 139 Å². The Morgan fingerprint density at radius 2 is 2.09 bits per heavy atom. The van der Waals surface area contributed by atoms with Crippen molar-refractivity contribution < 1.29 is 4.79 Å². The number of piperazine rings is 1. The van der Waals surface area contributed by atoms with E-state index in [4.69, 9.17) is 0 Å². The lowest BCUT2D eigenvalue weighted by molar-refractivity contribution is -0.121. The van der Waals surface area contributed by atoms with Gasteiger partial charge in [-0.15, -0.1) is 0 Å². The number of carbonyl (C=O) groups is 1. The molecule has 6 nitrogen and oxygen atoms in total. The standard InChI is InChI=1S/C17H29N5O/c1-3-18-15(2)14-20-17(23)7-9-21-10-12-22(13-11-21)16-6-4-5-8-19-16/h4-6,8,15,18H,3,7,9-14H2,1-2H3,(H,20,23)/t15-/m1/s1. The Morgan fingerprint density at radius 3 is 2.74 bits per heavy atom. The van der Waals surface area contributed by atoms with Crippen molar-refractivity contribution in [2.24, 2.45) is 0 Å². The first-order valence-corrected chi connectivity index (χ1v) is 8.57. The van der Waals surface area contributed by atoms with E-state index in [0.717, 1.165) is 45.1 Å². The lowest BCUT2D eigenvalue weighted by atomic mass is 10.2. The van der Waals surface area contributed by atoms with E-state index < -0.39 is 0 Å². The summed E-state index contributed by atoms with van der Waals surface area (Å²) in [6.45, 7) is 10.5. The minimum atomic E-state index is 0.141. The highest BCUT2D eigenvalue weighted by molar-refractivity contribution is 5.76. The number of nitrogens with zero attached hydrogens (tertiary/aromatic N) is 3. The monoisotopic (exact) mass is 319 g/mol. The molecule has 1 saturated heterocycles. The van der Waals surface area contributed by atoms with Gasteiger partial charge in [-0.05, 0) is 25.6 Å². The van der Waals surface area contributed by atoms with E-state index in [9.17, 15) is 4.79 Å². The third-order valence-electron chi connectivity index (χ3n) is 4.16. The smallest absolute Gasteiger partial charge is 0.221 e. The molecule has 2 rings (SSSR count). The van der Waals surface area contributed by atoms with Crippen LogP contribution in [0, 0.1) is 0 Å². The number of carbonyl (C=O) groups excluding carboxylic acids is 1. The quantitative estimate of drug-likeness (QED) is 0.739. The molecule has 0 aliphatic carbocycles. The van der Waals surface area contributed by atoms with Crippen LogP contribution < -0.4 is 15.5 Å². The number of hydrogen-bond donors (Lipinski definition) is 2. The van der Waals surface area contributed by atoms with Crippen LogP contribution in [0.2, 0.25) is 0 Å². The maximum atomic E-state index is 11.9. The number of pyridine rings is 1. The number of amides is 1. The van der Waals surface area contributed by atoms with Crippen molar-refractivity contribution in [3.8, 4) is 0 Å². The van der Waals surface area contributed by atoms with Crippen LogP contribution in [0.3, 0.4) is 0 Å². The average Bonchev–Trinajstić information content (AvgIpc) is 2.59. The molecular formula is C17H29N5O. The lowest BCUT2D eigenvalue weighted by Gasteiger charge is -2.35. The molecule has 2 heterocycles. The van der Waals surface area contributed by atoms with Gasteiger partial charge in [0.1, 0.15) is 5.82 Å². The first-order valence-electron chi connectivity index (χ1n) is 8.57. The second kappa shape index (κ2) is 9.47. The molecule has 0 aromatic carbocycles. The van der Waals surface area contributed by atoms with Gasteiger partial charge in [0.25, 0.3) is 0 Å². The van der Waals surface area contributed by atoms with E-state index >= 15 is 0 Å². The van der Waals surface area contributed by atoms with Gasteiger partial charge in [-0.3, -0.25) is 9.69 Å². The Bertz CT molecular complexity index is 459. The normalized spacial score (nSPS) is 17.0. The van der Waals surface area contributed by atoms with Crippen LogP contribution in [0.25, 0.3) is 0 Å². The number of hydrogen-bond acceptors (Lipinski definition) is 5. The number of aromatic nitrogens is 1. The zero-order valence-electron chi connectivity index (χ0n) is 14.3. The fourth-order valence-electron chi connectivity index (χ4n) is 2.78. The molecule has 23 heavy (non-hydrogen) atoms. The minimum absolute atomic E-state index is 0.141. The predicted molar refractivity (Wildman–Crippen MR) is 93.7 cm³/mol. The molecule has 0 spiro atoms. The summed E-state index contributed by atoms with van der Waals surface area (Å²) in [5.41, 5.74) is 0. The minimum Gasteiger partial charge on any atom is -0.355 e. The van der Waals surface area contributed by atoms with E-state index in [1.54, 1.807) is 0 Å². The van der Waals surface area contributed by atoms with E-state index in [1.807, 2.05) is 18.3 Å². The van der Waals surface area contributed by atoms with E-state index in [2.05, 4.69) is 45.3 Å². The molecule has 0 bridgehead atoms. The van der Waals surface area contributed by atoms with Crippen LogP contribution in [0.5, 0.6) is 0 Å². The van der Waals surface area contributed by atoms with Gasteiger partial charge < -0.3 is 15.5 Å². The molecule has 1 amide bonds. The van der Waals surface area contributed by atoms with Crippen molar-refractivity contribution in [1.29, 1.82) is 0 Å². The van der Waals surface area contributed by atoms with Gasteiger partial charge in [-0.2, -0.15) is 0 Å². The van der Waals surface area contributed by atoms with Gasteiger partial charge in [0.15, 0.2) is 0 Å². The molecule has 6 heteroatoms. The molecule has 1 aromatic heterocycles. The molecule has 1 aromatic rings. The third-order valence-corrected chi connectivity index (χ3v) is 4.16. The van der Waals surface area contributed by atoms with Gasteiger partial charge in [-0.1, -0.05) is 13.0 Å². The third kappa shape index (κ3) is 6.15. The van der Waals surface area contributed by atoms with Gasteiger partial charge in [0.2, 0.25) is 5.91 Å². The zero-order valence-corrected chi connectivity index (χ0v) is 14.3. The summed E-state index contributed by atoms with van der Waals surface area (Å²) in [7, 11) is 0. The van der Waals surface area contributed by atoms with Crippen LogP contribution in [0.1, 0.15) is 20.3 Å². The summed E-state index contributed by atoms with van der Waals surface area (Å²) < 4.78 is 0. The molecule has 2 N–H and O–H groups in total. The highest BCUT2D eigenvalue weighted by Crippen LogP contribution is 2.12. The van der Waals surface area contributed by atoms with Crippen molar-refractivity contribution in [3.05, 3.63) is 24.4 Å². The molecule has 0 radical (unpaired) electrons. The predicted octanol–water partition coefficient (Wildman–Crippen LogP) is 0.708. The summed E-state index contributed by atoms with van der Waals surface area (Å²) in [6.07, 6.45) is 2.41. The van der Waals surface area contributed by atoms with Crippen LogP contribution in [-0.4, -0.2) is 67.6 Å². The van der Waals surface area contributed by atoms with Gasteiger partial charge in [0.05, 0.1) is 0 Å². The van der Waals surface area contributed by atoms with Crippen molar-refractivity contribution in [3.63, 3.8) is 0 Å². The zero-order chi connectivity index (χ0) is 16.5. The molecule has 1 aliphatic heterocycles. The van der Waals surface area contributed by atoms with E-state index in [0.29, 0.717) is 19.0 Å². The molecule has 0 unspecified atom stereocenters. The molecule has 0 saturated carbocycles. The second-order valence-corrected chi connectivity index (χ2v) is 6.03. The first kappa shape index (κ1) is 17.7. The molecule has 1 atom stereocenters. The Kier molecular flexibility index (Phi) is 7.29. The molecule has 128 valence electrons. The summed E-state index contributed by atoms with van der Waals surface area (Å²) in [5, 5.41) is 6.28. The van der Waals surface area contributed by atoms with E-state index in [-0.39, 0.29) is 5.91 Å².